The number of ether oxygens (including phenoxy) is 1. The van der Waals surface area contributed by atoms with Gasteiger partial charge in [-0.1, -0.05) is 0 Å². The van der Waals surface area contributed by atoms with Crippen molar-refractivity contribution in [1.82, 2.24) is 4.90 Å². The van der Waals surface area contributed by atoms with E-state index in [9.17, 15) is 4.79 Å². The molecule has 1 N–H and O–H groups in total. The van der Waals surface area contributed by atoms with Crippen LogP contribution in [-0.2, 0) is 4.74 Å². The summed E-state index contributed by atoms with van der Waals surface area (Å²) in [7, 11) is 0. The van der Waals surface area contributed by atoms with E-state index < -0.39 is 6.09 Å². The highest BCUT2D eigenvalue weighted by molar-refractivity contribution is 5.65. The third-order valence-electron chi connectivity index (χ3n) is 1.69. The van der Waals surface area contributed by atoms with Gasteiger partial charge in [0, 0.05) is 0 Å². The predicted molar refractivity (Wildman–Crippen MR) is 39.6 cm³/mol. The van der Waals surface area contributed by atoms with Crippen LogP contribution in [0, 0.1) is 0 Å². The lowest BCUT2D eigenvalue weighted by molar-refractivity contribution is -0.0603. The minimum absolute atomic E-state index is 0.0230. The highest BCUT2D eigenvalue weighted by Gasteiger charge is 2.24. The van der Waals surface area contributed by atoms with Crippen molar-refractivity contribution in [2.24, 2.45) is 0 Å². The topological polar surface area (TPSA) is 49.8 Å². The van der Waals surface area contributed by atoms with Gasteiger partial charge in [0.25, 0.3) is 0 Å². The fourth-order valence-corrected chi connectivity index (χ4v) is 1.33. The first-order valence-electron chi connectivity index (χ1n) is 3.73. The molecule has 1 unspecified atom stereocenters. The number of rotatable bonds is 0. The summed E-state index contributed by atoms with van der Waals surface area (Å²) in [6.45, 7) is 4.73. The van der Waals surface area contributed by atoms with Crippen LogP contribution in [0.4, 0.5) is 4.79 Å². The molecule has 0 bridgehead atoms. The largest absolute Gasteiger partial charge is 0.465 e. The van der Waals surface area contributed by atoms with Gasteiger partial charge in [-0.25, -0.2) is 4.79 Å². The second kappa shape index (κ2) is 3.09. The van der Waals surface area contributed by atoms with Gasteiger partial charge in [-0.15, -0.1) is 0 Å². The number of carboxylic acid groups (broad SMARTS) is 1. The lowest BCUT2D eigenvalue weighted by Crippen LogP contribution is -2.47. The van der Waals surface area contributed by atoms with Crippen LogP contribution >= 0.6 is 0 Å². The van der Waals surface area contributed by atoms with Gasteiger partial charge in [0.05, 0.1) is 25.3 Å². The molecule has 0 radical (unpaired) electrons. The Balaban J connectivity index is 2.49. The van der Waals surface area contributed by atoms with Crippen LogP contribution in [0.1, 0.15) is 13.8 Å². The molecule has 1 heterocycles. The van der Waals surface area contributed by atoms with E-state index in [1.807, 2.05) is 13.8 Å². The third kappa shape index (κ3) is 2.08. The molecule has 1 rings (SSSR count). The first-order valence-corrected chi connectivity index (χ1v) is 3.73. The molecule has 1 aliphatic heterocycles. The molecule has 64 valence electrons. The quantitative estimate of drug-likeness (QED) is 0.568. The Morgan fingerprint density at radius 1 is 1.45 bits per heavy atom. The van der Waals surface area contributed by atoms with E-state index in [1.54, 1.807) is 0 Å². The zero-order valence-electron chi connectivity index (χ0n) is 6.78. The summed E-state index contributed by atoms with van der Waals surface area (Å²) in [4.78, 5) is 11.9. The number of hydrogen-bond donors (Lipinski definition) is 1. The van der Waals surface area contributed by atoms with Crippen molar-refractivity contribution in [3.8, 4) is 0 Å². The number of amides is 1. The van der Waals surface area contributed by atoms with E-state index in [1.165, 1.54) is 4.90 Å². The molecule has 1 saturated heterocycles. The Labute approximate surface area is 65.8 Å². The van der Waals surface area contributed by atoms with Crippen molar-refractivity contribution >= 4 is 6.09 Å². The molecule has 0 saturated carbocycles. The van der Waals surface area contributed by atoms with E-state index in [4.69, 9.17) is 9.84 Å². The van der Waals surface area contributed by atoms with Gasteiger partial charge in [0.2, 0.25) is 0 Å². The van der Waals surface area contributed by atoms with Crippen molar-refractivity contribution in [3.63, 3.8) is 0 Å². The molecule has 11 heavy (non-hydrogen) atoms. The molecule has 0 aromatic heterocycles. The van der Waals surface area contributed by atoms with Crippen LogP contribution in [0.5, 0.6) is 0 Å². The summed E-state index contributed by atoms with van der Waals surface area (Å²) in [5.41, 5.74) is 0. The summed E-state index contributed by atoms with van der Waals surface area (Å²) in [5, 5.41) is 8.64. The predicted octanol–water partition coefficient (Wildman–Crippen LogP) is 0.774. The molecule has 0 aromatic carbocycles. The van der Waals surface area contributed by atoms with Crippen molar-refractivity contribution in [2.75, 3.05) is 13.1 Å². The Morgan fingerprint density at radius 3 is 2.27 bits per heavy atom. The molecule has 4 heteroatoms. The van der Waals surface area contributed by atoms with Crippen molar-refractivity contribution in [1.29, 1.82) is 0 Å². The second-order valence-electron chi connectivity index (χ2n) is 2.94. The molecule has 0 aromatic rings. The summed E-state index contributed by atoms with van der Waals surface area (Å²) >= 11 is 0. The Morgan fingerprint density at radius 2 is 1.91 bits per heavy atom. The second-order valence-corrected chi connectivity index (χ2v) is 2.94. The molecular formula is C7H13NO3. The lowest BCUT2D eigenvalue weighted by Gasteiger charge is -2.33. The summed E-state index contributed by atoms with van der Waals surface area (Å²) < 4.78 is 5.36. The normalized spacial score (nSPS) is 32.0. The number of hydrogen-bond acceptors (Lipinski definition) is 2. The summed E-state index contributed by atoms with van der Waals surface area (Å²) in [6.07, 6.45) is -0.809. The number of morpholine rings is 1. The fourth-order valence-electron chi connectivity index (χ4n) is 1.33. The Bertz CT molecular complexity index is 150. The van der Waals surface area contributed by atoms with Gasteiger partial charge >= 0.3 is 6.09 Å². The van der Waals surface area contributed by atoms with Gasteiger partial charge in [-0.3, -0.25) is 0 Å². The van der Waals surface area contributed by atoms with Crippen LogP contribution < -0.4 is 0 Å². The van der Waals surface area contributed by atoms with Crippen LogP contribution in [-0.4, -0.2) is 41.4 Å². The number of nitrogens with zero attached hydrogens (tertiary/aromatic N) is 1. The highest BCUT2D eigenvalue weighted by atomic mass is 16.5. The standard InChI is InChI=1S/C7H13NO3/c1-5-3-8(7(9)10)4-6(2)11-5/h5-6H,3-4H2,1-2H3,(H,9,10)/t5-,6?/m0/s1. The van der Waals surface area contributed by atoms with E-state index in [2.05, 4.69) is 0 Å². The first kappa shape index (κ1) is 8.33. The smallest absolute Gasteiger partial charge is 0.407 e. The van der Waals surface area contributed by atoms with Gasteiger partial charge in [0.15, 0.2) is 0 Å². The van der Waals surface area contributed by atoms with Crippen LogP contribution in [0.15, 0.2) is 0 Å². The fraction of sp³-hybridized carbons (Fsp3) is 0.857. The first-order chi connectivity index (χ1) is 5.09. The van der Waals surface area contributed by atoms with Gasteiger partial charge in [0.1, 0.15) is 0 Å². The van der Waals surface area contributed by atoms with Crippen molar-refractivity contribution in [3.05, 3.63) is 0 Å². The average molecular weight is 159 g/mol. The van der Waals surface area contributed by atoms with E-state index >= 15 is 0 Å². The van der Waals surface area contributed by atoms with Crippen LogP contribution in [0.3, 0.4) is 0 Å². The number of carbonyl (C=O) groups is 1. The Kier molecular flexibility index (Phi) is 2.34. The van der Waals surface area contributed by atoms with E-state index in [-0.39, 0.29) is 12.2 Å². The van der Waals surface area contributed by atoms with Gasteiger partial charge < -0.3 is 14.7 Å². The molecule has 4 nitrogen and oxygen atoms in total. The van der Waals surface area contributed by atoms with Crippen LogP contribution in [0.2, 0.25) is 0 Å². The van der Waals surface area contributed by atoms with E-state index in [0.29, 0.717) is 13.1 Å². The maximum Gasteiger partial charge on any atom is 0.407 e. The Hall–Kier alpha value is -0.770. The lowest BCUT2D eigenvalue weighted by atomic mass is 10.2. The average Bonchev–Trinajstić information content (AvgIpc) is 1.85. The highest BCUT2D eigenvalue weighted by Crippen LogP contribution is 2.09. The van der Waals surface area contributed by atoms with Gasteiger partial charge in [-0.2, -0.15) is 0 Å². The molecule has 1 aliphatic rings. The van der Waals surface area contributed by atoms with Crippen molar-refractivity contribution < 1.29 is 14.6 Å². The summed E-state index contributed by atoms with van der Waals surface area (Å²) in [5.74, 6) is 0. The SMILES string of the molecule is CC1CN(C(=O)O)C[C@H](C)O1. The molecule has 0 aliphatic carbocycles. The zero-order chi connectivity index (χ0) is 8.43. The maximum absolute atomic E-state index is 10.5. The minimum Gasteiger partial charge on any atom is -0.465 e. The molecule has 1 amide bonds. The minimum atomic E-state index is -0.855. The third-order valence-corrected chi connectivity index (χ3v) is 1.69. The van der Waals surface area contributed by atoms with Crippen molar-refractivity contribution in [2.45, 2.75) is 26.1 Å². The van der Waals surface area contributed by atoms with Gasteiger partial charge in [-0.05, 0) is 13.8 Å². The zero-order valence-corrected chi connectivity index (χ0v) is 6.78. The van der Waals surface area contributed by atoms with E-state index in [0.717, 1.165) is 0 Å². The molecule has 2 atom stereocenters. The molecule has 0 spiro atoms. The molecule has 1 fully saturated rings. The summed E-state index contributed by atoms with van der Waals surface area (Å²) in [6, 6.07) is 0. The van der Waals surface area contributed by atoms with Crippen LogP contribution in [0.25, 0.3) is 0 Å². The maximum atomic E-state index is 10.5. The monoisotopic (exact) mass is 159 g/mol. The molecular weight excluding hydrogens is 146 g/mol.